The fraction of sp³-hybridized carbons (Fsp3) is 0.143. The molecule has 5 nitrogen and oxygen atoms in total. The molecule has 0 N–H and O–H groups in total. The highest BCUT2D eigenvalue weighted by atomic mass is 35.5. The average Bonchev–Trinajstić information content (AvgIpc) is 3.07. The molecule has 0 aliphatic rings. The third-order valence-electron chi connectivity index (χ3n) is 4.70. The molecule has 6 heteroatoms. The van der Waals surface area contributed by atoms with Gasteiger partial charge in [-0.15, -0.1) is 0 Å². The van der Waals surface area contributed by atoms with Crippen molar-refractivity contribution in [1.82, 2.24) is 4.57 Å². The van der Waals surface area contributed by atoms with Crippen molar-refractivity contribution in [2.45, 2.75) is 13.5 Å². The van der Waals surface area contributed by atoms with Crippen LogP contribution in [-0.4, -0.2) is 17.5 Å². The number of anilines is 1. The Hall–Kier alpha value is -3.05. The first-order chi connectivity index (χ1) is 13.0. The Morgan fingerprint density at radius 1 is 1.11 bits per heavy atom. The molecule has 0 fully saturated rings. The lowest BCUT2D eigenvalue weighted by Gasteiger charge is -2.18. The SMILES string of the molecule is CCn1c(C(=O)N(C)c2cccc(Cl)c2)cc2c(=O)oc3ccccc3c21. The van der Waals surface area contributed by atoms with Gasteiger partial charge in [-0.3, -0.25) is 4.79 Å². The van der Waals surface area contributed by atoms with Gasteiger partial charge in [-0.2, -0.15) is 0 Å². The number of carbonyl (C=O) groups is 1. The van der Waals surface area contributed by atoms with Crippen LogP contribution in [0.4, 0.5) is 5.69 Å². The number of amides is 1. The number of para-hydroxylation sites is 1. The summed E-state index contributed by atoms with van der Waals surface area (Å²) in [5.74, 6) is -0.223. The molecule has 0 aliphatic carbocycles. The molecule has 0 unspecified atom stereocenters. The lowest BCUT2D eigenvalue weighted by molar-refractivity contribution is 0.0985. The third-order valence-corrected chi connectivity index (χ3v) is 4.93. The first kappa shape index (κ1) is 17.4. The maximum Gasteiger partial charge on any atom is 0.345 e. The fourth-order valence-electron chi connectivity index (χ4n) is 3.38. The van der Waals surface area contributed by atoms with E-state index < -0.39 is 5.63 Å². The monoisotopic (exact) mass is 380 g/mol. The van der Waals surface area contributed by atoms with E-state index in [0.717, 1.165) is 5.39 Å². The van der Waals surface area contributed by atoms with E-state index in [2.05, 4.69) is 0 Å². The van der Waals surface area contributed by atoms with Gasteiger partial charge in [0.05, 0.1) is 10.9 Å². The number of carbonyl (C=O) groups excluding carboxylic acids is 1. The van der Waals surface area contributed by atoms with Crippen molar-refractivity contribution in [3.05, 3.63) is 75.7 Å². The minimum Gasteiger partial charge on any atom is -0.422 e. The largest absolute Gasteiger partial charge is 0.422 e. The van der Waals surface area contributed by atoms with Crippen molar-refractivity contribution in [3.63, 3.8) is 0 Å². The second-order valence-electron chi connectivity index (χ2n) is 6.27. The van der Waals surface area contributed by atoms with E-state index in [-0.39, 0.29) is 5.91 Å². The molecular weight excluding hydrogens is 364 g/mol. The standard InChI is InChI=1S/C21H17ClN2O3/c1-3-24-17(20(25)23(2)14-8-6-7-13(22)11-14)12-16-19(24)15-9-4-5-10-18(15)27-21(16)26/h4-12H,3H2,1-2H3. The smallest absolute Gasteiger partial charge is 0.345 e. The van der Waals surface area contributed by atoms with E-state index in [1.165, 1.54) is 4.90 Å². The van der Waals surface area contributed by atoms with E-state index in [1.54, 1.807) is 37.4 Å². The Balaban J connectivity index is 1.94. The Morgan fingerprint density at radius 3 is 2.63 bits per heavy atom. The number of hydrogen-bond acceptors (Lipinski definition) is 3. The molecule has 2 heterocycles. The highest BCUT2D eigenvalue weighted by Gasteiger charge is 2.22. The molecule has 1 amide bonds. The van der Waals surface area contributed by atoms with Crippen LogP contribution in [0.15, 0.2) is 63.8 Å². The third kappa shape index (κ3) is 2.80. The molecule has 4 aromatic rings. The van der Waals surface area contributed by atoms with E-state index in [0.29, 0.717) is 39.4 Å². The molecule has 27 heavy (non-hydrogen) atoms. The molecule has 0 spiro atoms. The Kier molecular flexibility index (Phi) is 4.24. The van der Waals surface area contributed by atoms with Gasteiger partial charge in [0.2, 0.25) is 0 Å². The van der Waals surface area contributed by atoms with Crippen LogP contribution >= 0.6 is 11.6 Å². The first-order valence-electron chi connectivity index (χ1n) is 8.60. The highest BCUT2D eigenvalue weighted by Crippen LogP contribution is 2.28. The molecular formula is C21H17ClN2O3. The van der Waals surface area contributed by atoms with Gasteiger partial charge in [0.15, 0.2) is 0 Å². The van der Waals surface area contributed by atoms with Gasteiger partial charge < -0.3 is 13.9 Å². The molecule has 0 aliphatic heterocycles. The quantitative estimate of drug-likeness (QED) is 0.484. The second-order valence-corrected chi connectivity index (χ2v) is 6.70. The Morgan fingerprint density at radius 2 is 1.89 bits per heavy atom. The van der Waals surface area contributed by atoms with E-state index >= 15 is 0 Å². The van der Waals surface area contributed by atoms with Gasteiger partial charge in [-0.25, -0.2) is 4.79 Å². The lowest BCUT2D eigenvalue weighted by Crippen LogP contribution is -2.28. The van der Waals surface area contributed by atoms with E-state index in [1.807, 2.05) is 35.8 Å². The minimum atomic E-state index is -0.449. The number of fused-ring (bicyclic) bond motifs is 3. The highest BCUT2D eigenvalue weighted by molar-refractivity contribution is 6.31. The molecule has 4 rings (SSSR count). The van der Waals surface area contributed by atoms with Gasteiger partial charge >= 0.3 is 5.63 Å². The lowest BCUT2D eigenvalue weighted by atomic mass is 10.2. The minimum absolute atomic E-state index is 0.223. The molecule has 0 bridgehead atoms. The number of aryl methyl sites for hydroxylation is 1. The van der Waals surface area contributed by atoms with E-state index in [4.69, 9.17) is 16.0 Å². The van der Waals surface area contributed by atoms with Crippen LogP contribution in [0.2, 0.25) is 5.02 Å². The zero-order valence-electron chi connectivity index (χ0n) is 14.9. The topological polar surface area (TPSA) is 55.5 Å². The normalized spacial score (nSPS) is 11.2. The number of nitrogens with zero attached hydrogens (tertiary/aromatic N) is 2. The van der Waals surface area contributed by atoms with Crippen molar-refractivity contribution in [3.8, 4) is 0 Å². The molecule has 2 aromatic heterocycles. The van der Waals surface area contributed by atoms with Crippen molar-refractivity contribution in [2.75, 3.05) is 11.9 Å². The second kappa shape index (κ2) is 6.59. The summed E-state index contributed by atoms with van der Waals surface area (Å²) in [4.78, 5) is 27.2. The summed E-state index contributed by atoms with van der Waals surface area (Å²) in [5.41, 5.74) is 1.88. The molecule has 2 aromatic carbocycles. The maximum absolute atomic E-state index is 13.2. The number of aromatic nitrogens is 1. The molecule has 0 saturated heterocycles. The number of rotatable bonds is 3. The predicted molar refractivity (Wildman–Crippen MR) is 108 cm³/mol. The van der Waals surface area contributed by atoms with Crippen LogP contribution in [0.1, 0.15) is 17.4 Å². The van der Waals surface area contributed by atoms with Crippen molar-refractivity contribution in [1.29, 1.82) is 0 Å². The summed E-state index contributed by atoms with van der Waals surface area (Å²) >= 11 is 6.05. The van der Waals surface area contributed by atoms with Gasteiger partial charge in [-0.05, 0) is 43.3 Å². The van der Waals surface area contributed by atoms with Gasteiger partial charge in [0, 0.05) is 29.7 Å². The number of benzene rings is 2. The summed E-state index contributed by atoms with van der Waals surface area (Å²) in [6, 6.07) is 16.0. The zero-order chi connectivity index (χ0) is 19.1. The van der Waals surface area contributed by atoms with Crippen molar-refractivity contribution >= 4 is 45.1 Å². The van der Waals surface area contributed by atoms with Crippen LogP contribution in [0, 0.1) is 0 Å². The van der Waals surface area contributed by atoms with Crippen LogP contribution in [-0.2, 0) is 6.54 Å². The van der Waals surface area contributed by atoms with Crippen LogP contribution < -0.4 is 10.5 Å². The summed E-state index contributed by atoms with van der Waals surface area (Å²) in [6.07, 6.45) is 0. The van der Waals surface area contributed by atoms with Crippen LogP contribution in [0.25, 0.3) is 21.9 Å². The van der Waals surface area contributed by atoms with Crippen LogP contribution in [0.3, 0.4) is 0 Å². The first-order valence-corrected chi connectivity index (χ1v) is 8.97. The summed E-state index contributed by atoms with van der Waals surface area (Å²) in [6.45, 7) is 2.49. The Bertz CT molecular complexity index is 1240. The molecule has 0 saturated carbocycles. The Labute approximate surface area is 160 Å². The molecule has 136 valence electrons. The zero-order valence-corrected chi connectivity index (χ0v) is 15.7. The average molecular weight is 381 g/mol. The summed E-state index contributed by atoms with van der Waals surface area (Å²) < 4.78 is 7.28. The van der Waals surface area contributed by atoms with Gasteiger partial charge in [-0.1, -0.05) is 29.8 Å². The van der Waals surface area contributed by atoms with Crippen molar-refractivity contribution in [2.24, 2.45) is 0 Å². The van der Waals surface area contributed by atoms with Gasteiger partial charge in [0.25, 0.3) is 5.91 Å². The molecule has 0 radical (unpaired) electrons. The predicted octanol–water partition coefficient (Wildman–Crippen LogP) is 4.70. The summed E-state index contributed by atoms with van der Waals surface area (Å²) in [5, 5.41) is 1.76. The van der Waals surface area contributed by atoms with Crippen molar-refractivity contribution < 1.29 is 9.21 Å². The number of halogens is 1. The molecule has 0 atom stereocenters. The van der Waals surface area contributed by atoms with Gasteiger partial charge in [0.1, 0.15) is 11.3 Å². The van der Waals surface area contributed by atoms with Crippen LogP contribution in [0.5, 0.6) is 0 Å². The number of hydrogen-bond donors (Lipinski definition) is 0. The summed E-state index contributed by atoms with van der Waals surface area (Å²) in [7, 11) is 1.69. The maximum atomic E-state index is 13.2. The fourth-order valence-corrected chi connectivity index (χ4v) is 3.57. The van der Waals surface area contributed by atoms with E-state index in [9.17, 15) is 9.59 Å².